The van der Waals surface area contributed by atoms with E-state index in [1.807, 2.05) is 54.6 Å². The fraction of sp³-hybridized carbons (Fsp3) is 0.375. The van der Waals surface area contributed by atoms with Crippen molar-refractivity contribution >= 4 is 17.8 Å². The molecule has 2 aromatic rings. The zero-order valence-corrected chi connectivity index (χ0v) is 18.2. The summed E-state index contributed by atoms with van der Waals surface area (Å²) in [5.41, 5.74) is 1.81. The molecule has 1 aliphatic heterocycles. The van der Waals surface area contributed by atoms with Crippen LogP contribution in [0.4, 0.5) is 0 Å². The van der Waals surface area contributed by atoms with Crippen LogP contribution in [0.25, 0.3) is 0 Å². The van der Waals surface area contributed by atoms with Crippen LogP contribution in [-0.2, 0) is 32.1 Å². The molecule has 3 rings (SSSR count). The van der Waals surface area contributed by atoms with Crippen LogP contribution in [0.15, 0.2) is 54.6 Å². The molecule has 32 heavy (non-hydrogen) atoms. The molecule has 170 valence electrons. The second-order valence-electron chi connectivity index (χ2n) is 7.79. The Labute approximate surface area is 187 Å². The van der Waals surface area contributed by atoms with Crippen molar-refractivity contribution < 1.29 is 29.0 Å². The van der Waals surface area contributed by atoms with E-state index in [-0.39, 0.29) is 25.3 Å². The van der Waals surface area contributed by atoms with Gasteiger partial charge in [0.15, 0.2) is 0 Å². The zero-order chi connectivity index (χ0) is 23.1. The highest BCUT2D eigenvalue weighted by atomic mass is 16.5. The largest absolute Gasteiger partial charge is 0.489 e. The number of esters is 1. The van der Waals surface area contributed by atoms with Crippen LogP contribution in [0.3, 0.4) is 0 Å². The summed E-state index contributed by atoms with van der Waals surface area (Å²) in [6, 6.07) is 15.3. The number of β-amino-alcohol motifs (C(OH)–C–C–N with tert-alkyl or cyclic N) is 1. The van der Waals surface area contributed by atoms with Crippen LogP contribution >= 0.6 is 0 Å². The third-order valence-corrected chi connectivity index (χ3v) is 5.37. The Morgan fingerprint density at radius 2 is 1.84 bits per heavy atom. The van der Waals surface area contributed by atoms with Gasteiger partial charge in [0.2, 0.25) is 11.8 Å². The Bertz CT molecular complexity index is 949. The van der Waals surface area contributed by atoms with Crippen molar-refractivity contribution in [1.82, 2.24) is 10.2 Å². The molecule has 8 heteroatoms. The molecule has 0 unspecified atom stereocenters. The van der Waals surface area contributed by atoms with Gasteiger partial charge in [-0.3, -0.25) is 9.59 Å². The van der Waals surface area contributed by atoms with Gasteiger partial charge >= 0.3 is 5.97 Å². The number of carbonyl (C=O) groups is 3. The number of hydrogen-bond acceptors (Lipinski definition) is 6. The normalized spacial score (nSPS) is 18.7. The zero-order valence-electron chi connectivity index (χ0n) is 18.2. The van der Waals surface area contributed by atoms with Gasteiger partial charge in [-0.2, -0.15) is 0 Å². The number of aliphatic hydroxyl groups is 1. The number of hydrogen-bond donors (Lipinski definition) is 2. The molecular weight excluding hydrogens is 412 g/mol. The predicted octanol–water partition coefficient (Wildman–Crippen LogP) is 1.45. The molecule has 1 aliphatic rings. The highest BCUT2D eigenvalue weighted by Crippen LogP contribution is 2.20. The fourth-order valence-corrected chi connectivity index (χ4v) is 3.75. The van der Waals surface area contributed by atoms with Crippen LogP contribution in [0.2, 0.25) is 0 Å². The highest BCUT2D eigenvalue weighted by Gasteiger charge is 2.38. The van der Waals surface area contributed by atoms with Crippen molar-refractivity contribution in [3.05, 3.63) is 65.7 Å². The minimum atomic E-state index is -0.941. The van der Waals surface area contributed by atoms with E-state index in [9.17, 15) is 19.5 Å². The Balaban J connectivity index is 1.67. The number of methoxy groups -OCH3 is 1. The Hall–Kier alpha value is -3.39. The molecule has 2 aromatic carbocycles. The number of rotatable bonds is 8. The first-order valence-corrected chi connectivity index (χ1v) is 10.5. The maximum absolute atomic E-state index is 12.8. The van der Waals surface area contributed by atoms with Gasteiger partial charge in [0.05, 0.1) is 13.2 Å². The van der Waals surface area contributed by atoms with Crippen molar-refractivity contribution in [2.45, 2.75) is 44.6 Å². The summed E-state index contributed by atoms with van der Waals surface area (Å²) in [5.74, 6) is -0.756. The molecule has 0 saturated carbocycles. The molecule has 3 atom stereocenters. The molecular formula is C24H28N2O6. The highest BCUT2D eigenvalue weighted by molar-refractivity contribution is 5.91. The van der Waals surface area contributed by atoms with E-state index >= 15 is 0 Å². The minimum Gasteiger partial charge on any atom is -0.489 e. The first-order valence-electron chi connectivity index (χ1n) is 10.5. The molecule has 0 spiro atoms. The van der Waals surface area contributed by atoms with Crippen LogP contribution in [0, 0.1) is 0 Å². The Kier molecular flexibility index (Phi) is 7.83. The number of nitrogens with one attached hydrogen (secondary N) is 1. The third-order valence-electron chi connectivity index (χ3n) is 5.37. The van der Waals surface area contributed by atoms with Crippen LogP contribution in [-0.4, -0.2) is 59.6 Å². The SMILES string of the molecule is COC(=O)[C@H](Cc1cccc(OCc2ccccc2)c1)NC(=O)[C@@H]1C[C@@H](O)CN1C(C)=O. The lowest BCUT2D eigenvalue weighted by Gasteiger charge is -2.24. The molecule has 1 saturated heterocycles. The number of carbonyl (C=O) groups excluding carboxylic acids is 3. The second kappa shape index (κ2) is 10.8. The van der Waals surface area contributed by atoms with Crippen LogP contribution < -0.4 is 10.1 Å². The number of likely N-dealkylation sites (tertiary alicyclic amines) is 1. The van der Waals surface area contributed by atoms with E-state index in [1.54, 1.807) is 0 Å². The molecule has 0 bridgehead atoms. The van der Waals surface area contributed by atoms with E-state index in [1.165, 1.54) is 18.9 Å². The lowest BCUT2D eigenvalue weighted by molar-refractivity contribution is -0.146. The summed E-state index contributed by atoms with van der Waals surface area (Å²) >= 11 is 0. The molecule has 0 radical (unpaired) electrons. The number of ether oxygens (including phenoxy) is 2. The van der Waals surface area contributed by atoms with E-state index in [0.29, 0.717) is 12.4 Å². The lowest BCUT2D eigenvalue weighted by Crippen LogP contribution is -2.51. The van der Waals surface area contributed by atoms with Gasteiger partial charge in [0, 0.05) is 26.3 Å². The topological polar surface area (TPSA) is 105 Å². The maximum Gasteiger partial charge on any atom is 0.328 e. The number of nitrogens with zero attached hydrogens (tertiary/aromatic N) is 1. The Morgan fingerprint density at radius 3 is 2.53 bits per heavy atom. The molecule has 0 aliphatic carbocycles. The molecule has 8 nitrogen and oxygen atoms in total. The summed E-state index contributed by atoms with van der Waals surface area (Å²) in [5, 5.41) is 12.6. The summed E-state index contributed by atoms with van der Waals surface area (Å²) in [7, 11) is 1.25. The van der Waals surface area contributed by atoms with Crippen molar-refractivity contribution in [2.75, 3.05) is 13.7 Å². The molecule has 2 N–H and O–H groups in total. The number of amides is 2. The average Bonchev–Trinajstić information content (AvgIpc) is 3.20. The van der Waals surface area contributed by atoms with E-state index in [2.05, 4.69) is 5.32 Å². The van der Waals surface area contributed by atoms with E-state index < -0.39 is 30.1 Å². The van der Waals surface area contributed by atoms with Crippen LogP contribution in [0.1, 0.15) is 24.5 Å². The van der Waals surface area contributed by atoms with Gasteiger partial charge in [-0.15, -0.1) is 0 Å². The summed E-state index contributed by atoms with van der Waals surface area (Å²) in [6.45, 7) is 1.85. The lowest BCUT2D eigenvalue weighted by atomic mass is 10.0. The van der Waals surface area contributed by atoms with Gasteiger partial charge in [-0.25, -0.2) is 4.79 Å². The fourth-order valence-electron chi connectivity index (χ4n) is 3.75. The quantitative estimate of drug-likeness (QED) is 0.602. The maximum atomic E-state index is 12.8. The van der Waals surface area contributed by atoms with Crippen molar-refractivity contribution in [2.24, 2.45) is 0 Å². The minimum absolute atomic E-state index is 0.0944. The second-order valence-corrected chi connectivity index (χ2v) is 7.79. The molecule has 2 amide bonds. The summed E-state index contributed by atoms with van der Waals surface area (Å²) in [4.78, 5) is 38.3. The Morgan fingerprint density at radius 1 is 1.12 bits per heavy atom. The molecule has 0 aromatic heterocycles. The van der Waals surface area contributed by atoms with Gasteiger partial charge in [0.25, 0.3) is 0 Å². The predicted molar refractivity (Wildman–Crippen MR) is 117 cm³/mol. The number of benzene rings is 2. The first-order chi connectivity index (χ1) is 15.4. The van der Waals surface area contributed by atoms with Gasteiger partial charge in [0.1, 0.15) is 24.4 Å². The van der Waals surface area contributed by atoms with Crippen LogP contribution in [0.5, 0.6) is 5.75 Å². The summed E-state index contributed by atoms with van der Waals surface area (Å²) in [6.07, 6.45) is -0.456. The molecule has 1 heterocycles. The van der Waals surface area contributed by atoms with Crippen molar-refractivity contribution in [3.63, 3.8) is 0 Å². The van der Waals surface area contributed by atoms with Gasteiger partial charge in [-0.1, -0.05) is 42.5 Å². The monoisotopic (exact) mass is 440 g/mol. The molecule has 1 fully saturated rings. The smallest absolute Gasteiger partial charge is 0.328 e. The first kappa shape index (κ1) is 23.3. The van der Waals surface area contributed by atoms with E-state index in [0.717, 1.165) is 11.1 Å². The van der Waals surface area contributed by atoms with Gasteiger partial charge < -0.3 is 24.8 Å². The van der Waals surface area contributed by atoms with Gasteiger partial charge in [-0.05, 0) is 23.3 Å². The summed E-state index contributed by atoms with van der Waals surface area (Å²) < 4.78 is 10.7. The van der Waals surface area contributed by atoms with Crippen molar-refractivity contribution in [3.8, 4) is 5.75 Å². The van der Waals surface area contributed by atoms with E-state index in [4.69, 9.17) is 9.47 Å². The standard InChI is InChI=1S/C24H28N2O6/c1-16(27)26-14-19(28)13-22(26)23(29)25-21(24(30)31-2)12-18-9-6-10-20(11-18)32-15-17-7-4-3-5-8-17/h3-11,19,21-22,28H,12-15H2,1-2H3,(H,25,29)/t19-,21+,22+/m1/s1. The third kappa shape index (κ3) is 6.07. The average molecular weight is 440 g/mol. The number of aliphatic hydroxyl groups excluding tert-OH is 1. The van der Waals surface area contributed by atoms with Crippen molar-refractivity contribution in [1.29, 1.82) is 0 Å².